The molecule has 3 heterocycles. The van der Waals surface area contributed by atoms with E-state index in [9.17, 15) is 9.90 Å². The number of fused-ring (bicyclic) bond motifs is 6. The zero-order chi connectivity index (χ0) is 19.4. The highest BCUT2D eigenvalue weighted by Crippen LogP contribution is 2.48. The second-order valence-electron chi connectivity index (χ2n) is 8.53. The number of rotatable bonds is 4. The zero-order valence-electron chi connectivity index (χ0n) is 16.4. The Hall–Kier alpha value is -1.95. The van der Waals surface area contributed by atoms with Crippen LogP contribution in [0.1, 0.15) is 24.0 Å². The fourth-order valence-corrected chi connectivity index (χ4v) is 5.54. The monoisotopic (exact) mass is 455 g/mol. The number of ether oxygens (including phenoxy) is 1. The van der Waals surface area contributed by atoms with Gasteiger partial charge in [-0.25, -0.2) is 4.79 Å². The van der Waals surface area contributed by atoms with Crippen molar-refractivity contribution in [3.05, 3.63) is 72.3 Å². The maximum atomic E-state index is 13.4. The van der Waals surface area contributed by atoms with E-state index in [2.05, 4.69) is 6.58 Å². The molecular formula is C24H26BrNO3. The van der Waals surface area contributed by atoms with Gasteiger partial charge in [0.05, 0.1) is 19.6 Å². The molecule has 0 aromatic heterocycles. The molecule has 3 fully saturated rings. The lowest BCUT2D eigenvalue weighted by atomic mass is 9.83. The number of carbonyl (C=O) groups is 1. The average Bonchev–Trinajstić information content (AvgIpc) is 2.99. The Labute approximate surface area is 182 Å². The lowest BCUT2D eigenvalue weighted by Crippen LogP contribution is -3.00. The number of aliphatic hydroxyl groups is 1. The predicted molar refractivity (Wildman–Crippen MR) is 107 cm³/mol. The van der Waals surface area contributed by atoms with Gasteiger partial charge >= 0.3 is 5.97 Å². The molecule has 2 aromatic rings. The quantitative estimate of drug-likeness (QED) is 0.408. The molecule has 1 N–H and O–H groups in total. The summed E-state index contributed by atoms with van der Waals surface area (Å²) >= 11 is 0. The van der Waals surface area contributed by atoms with Gasteiger partial charge in [0, 0.05) is 29.9 Å². The number of esters is 1. The van der Waals surface area contributed by atoms with Crippen LogP contribution in [0.25, 0.3) is 11.1 Å². The maximum Gasteiger partial charge on any atom is 0.348 e. The molecule has 3 aliphatic heterocycles. The third kappa shape index (κ3) is 2.98. The van der Waals surface area contributed by atoms with Crippen molar-refractivity contribution in [2.24, 2.45) is 5.92 Å². The lowest BCUT2D eigenvalue weighted by Gasteiger charge is -2.51. The number of benzene rings is 2. The van der Waals surface area contributed by atoms with Crippen LogP contribution in [0.2, 0.25) is 0 Å². The van der Waals surface area contributed by atoms with Crippen LogP contribution in [-0.2, 0) is 15.1 Å². The van der Waals surface area contributed by atoms with E-state index in [1.54, 1.807) is 0 Å². The molecule has 4 aliphatic rings. The van der Waals surface area contributed by atoms with Crippen molar-refractivity contribution in [3.63, 3.8) is 0 Å². The second-order valence-corrected chi connectivity index (χ2v) is 8.53. The van der Waals surface area contributed by atoms with Crippen molar-refractivity contribution < 1.29 is 36.1 Å². The van der Waals surface area contributed by atoms with Gasteiger partial charge in [0.15, 0.2) is 6.10 Å². The van der Waals surface area contributed by atoms with Crippen LogP contribution in [0.5, 0.6) is 0 Å². The predicted octanol–water partition coefficient (Wildman–Crippen LogP) is 0.245. The number of piperidine rings is 3. The number of hydrogen-bond donors (Lipinski definition) is 1. The maximum absolute atomic E-state index is 13.4. The third-order valence-corrected chi connectivity index (χ3v) is 7.04. The molecule has 0 amide bonds. The average molecular weight is 456 g/mol. The molecule has 1 aliphatic carbocycles. The summed E-state index contributed by atoms with van der Waals surface area (Å²) in [4.78, 5) is 13.4. The molecule has 4 nitrogen and oxygen atoms in total. The van der Waals surface area contributed by atoms with E-state index in [1.165, 1.54) is 0 Å². The van der Waals surface area contributed by atoms with Gasteiger partial charge < -0.3 is 31.3 Å². The van der Waals surface area contributed by atoms with Crippen LogP contribution in [0.15, 0.2) is 61.2 Å². The van der Waals surface area contributed by atoms with Crippen molar-refractivity contribution in [1.29, 1.82) is 0 Å². The highest BCUT2D eigenvalue weighted by atomic mass is 79.9. The van der Waals surface area contributed by atoms with Crippen molar-refractivity contribution in [1.82, 2.24) is 0 Å². The number of hydrogen-bond acceptors (Lipinski definition) is 3. The first-order valence-corrected chi connectivity index (χ1v) is 10.2. The van der Waals surface area contributed by atoms with Gasteiger partial charge in [-0.05, 0) is 17.2 Å². The summed E-state index contributed by atoms with van der Waals surface area (Å²) in [5.41, 5.74) is 1.32. The highest BCUT2D eigenvalue weighted by Gasteiger charge is 2.53. The minimum atomic E-state index is -1.73. The smallest absolute Gasteiger partial charge is 0.348 e. The molecule has 0 unspecified atom stereocenters. The van der Waals surface area contributed by atoms with Crippen molar-refractivity contribution in [2.45, 2.75) is 24.5 Å². The van der Waals surface area contributed by atoms with Crippen LogP contribution in [-0.4, -0.2) is 47.8 Å². The summed E-state index contributed by atoms with van der Waals surface area (Å²) in [6.07, 6.45) is 3.97. The molecule has 5 heteroatoms. The molecule has 29 heavy (non-hydrogen) atoms. The van der Waals surface area contributed by atoms with E-state index < -0.39 is 11.6 Å². The molecule has 0 radical (unpaired) electrons. The van der Waals surface area contributed by atoms with Crippen LogP contribution in [0.4, 0.5) is 0 Å². The Morgan fingerprint density at radius 1 is 1.10 bits per heavy atom. The molecule has 6 rings (SSSR count). The van der Waals surface area contributed by atoms with Gasteiger partial charge in [0.2, 0.25) is 5.60 Å². The number of quaternary nitrogens is 1. The Morgan fingerprint density at radius 2 is 1.66 bits per heavy atom. The minimum Gasteiger partial charge on any atom is -1.00 e. The highest BCUT2D eigenvalue weighted by molar-refractivity contribution is 5.96. The number of carbonyl (C=O) groups excluding carboxylic acids is 1. The third-order valence-electron chi connectivity index (χ3n) is 7.04. The van der Waals surface area contributed by atoms with E-state index >= 15 is 0 Å². The Kier molecular flexibility index (Phi) is 5.18. The fourth-order valence-electron chi connectivity index (χ4n) is 5.54. The summed E-state index contributed by atoms with van der Waals surface area (Å²) in [5, 5.41) is 11.6. The first-order chi connectivity index (χ1) is 13.6. The van der Waals surface area contributed by atoms with Gasteiger partial charge in [0.1, 0.15) is 6.54 Å². The lowest BCUT2D eigenvalue weighted by molar-refractivity contribution is -0.941. The molecule has 152 valence electrons. The van der Waals surface area contributed by atoms with Crippen molar-refractivity contribution >= 4 is 5.97 Å². The van der Waals surface area contributed by atoms with E-state index in [4.69, 9.17) is 4.74 Å². The fraction of sp³-hybridized carbons (Fsp3) is 0.375. The van der Waals surface area contributed by atoms with E-state index in [-0.39, 0.29) is 23.1 Å². The summed E-state index contributed by atoms with van der Waals surface area (Å²) < 4.78 is 7.01. The van der Waals surface area contributed by atoms with Crippen LogP contribution < -0.4 is 17.0 Å². The Morgan fingerprint density at radius 3 is 2.21 bits per heavy atom. The van der Waals surface area contributed by atoms with E-state index in [0.717, 1.165) is 54.6 Å². The Bertz CT molecular complexity index is 903. The molecule has 0 spiro atoms. The van der Waals surface area contributed by atoms with Gasteiger partial charge in [0.25, 0.3) is 0 Å². The summed E-state index contributed by atoms with van der Waals surface area (Å²) in [6, 6.07) is 15.2. The molecular weight excluding hydrogens is 430 g/mol. The first-order valence-electron chi connectivity index (χ1n) is 10.2. The molecule has 2 bridgehead atoms. The topological polar surface area (TPSA) is 46.5 Å². The summed E-state index contributed by atoms with van der Waals surface area (Å²) in [5.74, 6) is -0.148. The van der Waals surface area contributed by atoms with Gasteiger partial charge in [-0.1, -0.05) is 55.1 Å². The van der Waals surface area contributed by atoms with Crippen LogP contribution in [0.3, 0.4) is 0 Å². The van der Waals surface area contributed by atoms with Gasteiger partial charge in [-0.2, -0.15) is 0 Å². The number of nitrogens with zero attached hydrogens (tertiary/aromatic N) is 1. The molecule has 0 saturated carbocycles. The first kappa shape index (κ1) is 20.3. The van der Waals surface area contributed by atoms with E-state index in [0.29, 0.717) is 17.0 Å². The van der Waals surface area contributed by atoms with E-state index in [1.807, 2.05) is 54.6 Å². The SMILES string of the molecule is C=CC[N+]12CCC(CC1)[C@@H](OC(=O)C1(O)c3ccccc3-c3ccccc31)C2.[Br-]. The minimum absolute atomic E-state index is 0. The zero-order valence-corrected chi connectivity index (χ0v) is 18.0. The molecule has 2 aromatic carbocycles. The summed E-state index contributed by atoms with van der Waals surface area (Å²) in [6.45, 7) is 7.90. The standard InChI is InChI=1S/C24H26NO3.BrH/c1-2-13-25-14-11-17(12-15-25)22(16-25)28-23(26)24(27)20-9-5-3-7-18(20)19-8-4-6-10-21(19)24;/h2-10,17,22,27H,1,11-16H2;1H/q+1;/p-1/t17?,22-,25?;/m0./s1. The largest absolute Gasteiger partial charge is 1.00 e. The van der Waals surface area contributed by atoms with Crippen molar-refractivity contribution in [3.8, 4) is 11.1 Å². The normalized spacial score (nSPS) is 28.0. The van der Waals surface area contributed by atoms with Crippen LogP contribution in [0, 0.1) is 5.92 Å². The van der Waals surface area contributed by atoms with Gasteiger partial charge in [-0.3, -0.25) is 0 Å². The summed E-state index contributed by atoms with van der Waals surface area (Å²) in [7, 11) is 0. The van der Waals surface area contributed by atoms with Crippen LogP contribution >= 0.6 is 0 Å². The Balaban J connectivity index is 0.00000205. The molecule has 3 saturated heterocycles. The van der Waals surface area contributed by atoms with Gasteiger partial charge in [-0.15, -0.1) is 0 Å². The second kappa shape index (κ2) is 7.38. The van der Waals surface area contributed by atoms with Crippen molar-refractivity contribution in [2.75, 3.05) is 26.2 Å². The number of halogens is 1. The molecule has 1 atom stereocenters.